The molecule has 1 aromatic rings. The molecule has 0 saturated carbocycles. The molecule has 0 aromatic carbocycles. The molecule has 2 rings (SSSR count). The number of hydrogen-bond acceptors (Lipinski definition) is 4. The fourth-order valence-electron chi connectivity index (χ4n) is 2.90. The van der Waals surface area contributed by atoms with Crippen LogP contribution in [0.1, 0.15) is 55.5 Å². The van der Waals surface area contributed by atoms with Gasteiger partial charge in [0.1, 0.15) is 5.69 Å². The van der Waals surface area contributed by atoms with E-state index in [-0.39, 0.29) is 29.4 Å². The van der Waals surface area contributed by atoms with E-state index in [4.69, 9.17) is 4.74 Å². The summed E-state index contributed by atoms with van der Waals surface area (Å²) in [6.07, 6.45) is 1.94. The number of aromatic amines is 1. The average molecular weight is 321 g/mol. The van der Waals surface area contributed by atoms with Gasteiger partial charge in [-0.15, -0.1) is 0 Å². The van der Waals surface area contributed by atoms with Crippen molar-refractivity contribution in [3.05, 3.63) is 23.5 Å². The Labute approximate surface area is 137 Å². The normalized spacial score (nSPS) is 22.8. The third-order valence-electron chi connectivity index (χ3n) is 4.29. The van der Waals surface area contributed by atoms with Crippen LogP contribution in [0.15, 0.2) is 12.3 Å². The summed E-state index contributed by atoms with van der Waals surface area (Å²) in [5.41, 5.74) is 0.762. The van der Waals surface area contributed by atoms with Crippen LogP contribution in [0.5, 0.6) is 0 Å². The number of carbonyl (C=O) groups excluding carboxylic acids is 2. The first-order chi connectivity index (χ1) is 10.7. The first-order valence-electron chi connectivity index (χ1n) is 8.07. The van der Waals surface area contributed by atoms with Crippen molar-refractivity contribution < 1.29 is 14.3 Å². The molecule has 128 valence electrons. The van der Waals surface area contributed by atoms with Gasteiger partial charge in [0.05, 0.1) is 12.2 Å². The van der Waals surface area contributed by atoms with E-state index in [1.165, 1.54) is 6.92 Å². The number of ether oxygens (including phenoxy) is 1. The second-order valence-electron chi connectivity index (χ2n) is 7.02. The highest BCUT2D eigenvalue weighted by atomic mass is 16.5. The standard InChI is InChI=1S/C17H27N3O3/c1-11-8-20(9-12(2)23-11)17(4,5)10-19-16(22)15-6-14(7-18-15)13(3)21/h6-7,11-12,18H,8-10H2,1-5H3,(H,19,22)/t11-,12+. The maximum atomic E-state index is 12.2. The van der Waals surface area contributed by atoms with Crippen molar-refractivity contribution in [1.29, 1.82) is 0 Å². The Morgan fingerprint density at radius 3 is 2.48 bits per heavy atom. The molecule has 2 N–H and O–H groups in total. The zero-order valence-electron chi connectivity index (χ0n) is 14.6. The van der Waals surface area contributed by atoms with Crippen LogP contribution in [0, 0.1) is 0 Å². The molecule has 0 radical (unpaired) electrons. The largest absolute Gasteiger partial charge is 0.373 e. The topological polar surface area (TPSA) is 74.4 Å². The van der Waals surface area contributed by atoms with E-state index in [0.29, 0.717) is 17.8 Å². The first kappa shape index (κ1) is 17.7. The quantitative estimate of drug-likeness (QED) is 0.812. The summed E-state index contributed by atoms with van der Waals surface area (Å²) >= 11 is 0. The van der Waals surface area contributed by atoms with Crippen molar-refractivity contribution in [2.24, 2.45) is 0 Å². The zero-order valence-corrected chi connectivity index (χ0v) is 14.6. The summed E-state index contributed by atoms with van der Waals surface area (Å²) in [5, 5.41) is 2.95. The minimum atomic E-state index is -0.195. The Morgan fingerprint density at radius 1 is 1.35 bits per heavy atom. The second-order valence-corrected chi connectivity index (χ2v) is 7.02. The van der Waals surface area contributed by atoms with E-state index in [9.17, 15) is 9.59 Å². The van der Waals surface area contributed by atoms with Crippen molar-refractivity contribution in [2.45, 2.75) is 52.4 Å². The predicted molar refractivity (Wildman–Crippen MR) is 88.8 cm³/mol. The summed E-state index contributed by atoms with van der Waals surface area (Å²) < 4.78 is 5.77. The number of aromatic nitrogens is 1. The summed E-state index contributed by atoms with van der Waals surface area (Å²) in [5.74, 6) is -0.253. The lowest BCUT2D eigenvalue weighted by Crippen LogP contribution is -2.58. The molecule has 2 atom stereocenters. The maximum Gasteiger partial charge on any atom is 0.267 e. The van der Waals surface area contributed by atoms with Crippen LogP contribution in [0.25, 0.3) is 0 Å². The Balaban J connectivity index is 1.95. The molecule has 2 heterocycles. The third-order valence-corrected chi connectivity index (χ3v) is 4.29. The van der Waals surface area contributed by atoms with Crippen LogP contribution in [-0.2, 0) is 4.74 Å². The number of hydrogen-bond donors (Lipinski definition) is 2. The lowest BCUT2D eigenvalue weighted by atomic mass is 10.00. The van der Waals surface area contributed by atoms with Crippen molar-refractivity contribution in [2.75, 3.05) is 19.6 Å². The van der Waals surface area contributed by atoms with E-state index < -0.39 is 0 Å². The van der Waals surface area contributed by atoms with Gasteiger partial charge in [0.2, 0.25) is 0 Å². The van der Waals surface area contributed by atoms with Crippen LogP contribution in [0.4, 0.5) is 0 Å². The maximum absolute atomic E-state index is 12.2. The fourth-order valence-corrected chi connectivity index (χ4v) is 2.90. The second kappa shape index (κ2) is 6.84. The molecule has 23 heavy (non-hydrogen) atoms. The average Bonchev–Trinajstić information content (AvgIpc) is 2.94. The van der Waals surface area contributed by atoms with Crippen LogP contribution in [0.3, 0.4) is 0 Å². The molecule has 0 unspecified atom stereocenters. The molecular weight excluding hydrogens is 294 g/mol. The van der Waals surface area contributed by atoms with Gasteiger partial charge in [-0.1, -0.05) is 0 Å². The molecule has 1 aliphatic rings. The van der Waals surface area contributed by atoms with Crippen molar-refractivity contribution in [3.8, 4) is 0 Å². The SMILES string of the molecule is CC(=O)c1c[nH]c(C(=O)NCC(C)(C)N2C[C@@H](C)O[C@@H](C)C2)c1. The molecule has 1 amide bonds. The number of ketones is 1. The molecular formula is C17H27N3O3. The summed E-state index contributed by atoms with van der Waals surface area (Å²) in [6, 6.07) is 1.59. The fraction of sp³-hybridized carbons (Fsp3) is 0.647. The monoisotopic (exact) mass is 321 g/mol. The van der Waals surface area contributed by atoms with Gasteiger partial charge < -0.3 is 15.0 Å². The minimum Gasteiger partial charge on any atom is -0.373 e. The van der Waals surface area contributed by atoms with E-state index in [1.54, 1.807) is 12.3 Å². The molecule has 6 nitrogen and oxygen atoms in total. The van der Waals surface area contributed by atoms with Gasteiger partial charge in [-0.3, -0.25) is 14.5 Å². The van der Waals surface area contributed by atoms with Gasteiger partial charge in [-0.05, 0) is 40.7 Å². The van der Waals surface area contributed by atoms with Gasteiger partial charge in [-0.25, -0.2) is 0 Å². The van der Waals surface area contributed by atoms with E-state index >= 15 is 0 Å². The van der Waals surface area contributed by atoms with Crippen LogP contribution >= 0.6 is 0 Å². The molecule has 1 aromatic heterocycles. The number of morpholine rings is 1. The van der Waals surface area contributed by atoms with E-state index in [0.717, 1.165) is 13.1 Å². The van der Waals surface area contributed by atoms with Crippen molar-refractivity contribution in [3.63, 3.8) is 0 Å². The molecule has 0 aliphatic carbocycles. The summed E-state index contributed by atoms with van der Waals surface area (Å²) in [6.45, 7) is 12.1. The minimum absolute atomic E-state index is 0.0584. The van der Waals surface area contributed by atoms with Crippen LogP contribution in [-0.4, -0.2) is 59.0 Å². The Kier molecular flexibility index (Phi) is 5.26. The summed E-state index contributed by atoms with van der Waals surface area (Å²) in [4.78, 5) is 28.7. The van der Waals surface area contributed by atoms with E-state index in [1.807, 2.05) is 0 Å². The number of Topliss-reactive ketones (excluding diaryl/α,β-unsaturated/α-hetero) is 1. The molecule has 0 spiro atoms. The number of H-pyrrole nitrogens is 1. The first-order valence-corrected chi connectivity index (χ1v) is 8.07. The number of rotatable bonds is 5. The molecule has 1 aliphatic heterocycles. The number of nitrogens with zero attached hydrogens (tertiary/aromatic N) is 1. The summed E-state index contributed by atoms with van der Waals surface area (Å²) in [7, 11) is 0. The van der Waals surface area contributed by atoms with Crippen molar-refractivity contribution in [1.82, 2.24) is 15.2 Å². The van der Waals surface area contributed by atoms with Gasteiger partial charge in [0.15, 0.2) is 5.78 Å². The molecule has 1 fully saturated rings. The smallest absolute Gasteiger partial charge is 0.267 e. The molecule has 0 bridgehead atoms. The van der Waals surface area contributed by atoms with E-state index in [2.05, 4.69) is 42.9 Å². The van der Waals surface area contributed by atoms with Crippen LogP contribution in [0.2, 0.25) is 0 Å². The number of carbonyl (C=O) groups is 2. The number of amides is 1. The predicted octanol–water partition coefficient (Wildman–Crippen LogP) is 1.83. The highest BCUT2D eigenvalue weighted by Crippen LogP contribution is 2.20. The van der Waals surface area contributed by atoms with Gasteiger partial charge in [0.25, 0.3) is 5.91 Å². The van der Waals surface area contributed by atoms with Gasteiger partial charge in [-0.2, -0.15) is 0 Å². The third kappa shape index (κ3) is 4.42. The van der Waals surface area contributed by atoms with Gasteiger partial charge in [0, 0.05) is 36.9 Å². The lowest BCUT2D eigenvalue weighted by Gasteiger charge is -2.45. The lowest BCUT2D eigenvalue weighted by molar-refractivity contribution is -0.0948. The van der Waals surface area contributed by atoms with Gasteiger partial charge >= 0.3 is 0 Å². The molecule has 6 heteroatoms. The Hall–Kier alpha value is -1.66. The Bertz CT molecular complexity index is 569. The zero-order chi connectivity index (χ0) is 17.2. The van der Waals surface area contributed by atoms with Crippen LogP contribution < -0.4 is 5.32 Å². The van der Waals surface area contributed by atoms with Crippen molar-refractivity contribution >= 4 is 11.7 Å². The highest BCUT2D eigenvalue weighted by molar-refractivity contribution is 5.99. The number of nitrogens with one attached hydrogen (secondary N) is 2. The highest BCUT2D eigenvalue weighted by Gasteiger charge is 2.33. The Morgan fingerprint density at radius 2 is 1.96 bits per heavy atom. The molecule has 1 saturated heterocycles.